The zero-order valence-electron chi connectivity index (χ0n) is 14.1. The summed E-state index contributed by atoms with van der Waals surface area (Å²) in [7, 11) is -3.14. The van der Waals surface area contributed by atoms with Crippen LogP contribution in [-0.2, 0) is 14.8 Å². The Morgan fingerprint density at radius 1 is 1.45 bits per heavy atom. The first-order valence-corrected chi connectivity index (χ1v) is 10.1. The average Bonchev–Trinajstić information content (AvgIpc) is 2.46. The maximum Gasteiger partial charge on any atom is 0.220 e. The molecule has 1 aliphatic rings. The highest BCUT2D eigenvalue weighted by molar-refractivity contribution is 7.88. The molecule has 2 atom stereocenters. The van der Waals surface area contributed by atoms with Crippen LogP contribution in [0.1, 0.15) is 39.5 Å². The summed E-state index contributed by atoms with van der Waals surface area (Å²) in [4.78, 5) is 11.9. The molecule has 0 saturated carbocycles. The van der Waals surface area contributed by atoms with Crippen molar-refractivity contribution in [3.05, 3.63) is 0 Å². The molecular formula is C15H31N3O3S. The van der Waals surface area contributed by atoms with Crippen molar-refractivity contribution in [2.75, 3.05) is 39.0 Å². The minimum absolute atomic E-state index is 0.0699. The highest BCUT2D eigenvalue weighted by Gasteiger charge is 2.21. The van der Waals surface area contributed by atoms with Crippen LogP contribution in [0.5, 0.6) is 0 Å². The van der Waals surface area contributed by atoms with E-state index in [9.17, 15) is 13.2 Å². The molecule has 1 heterocycles. The van der Waals surface area contributed by atoms with Gasteiger partial charge in [0, 0.05) is 26.1 Å². The zero-order chi connectivity index (χ0) is 16.6. The maximum atomic E-state index is 11.9. The standard InChI is InChI=1S/C15H31N3O3S/c1-4-18(22(3,20)21)10-6-9-17-15(19)11-13(2)14-7-5-8-16-12-14/h13-14,16H,4-12H2,1-3H3,(H,17,19). The Morgan fingerprint density at radius 3 is 2.73 bits per heavy atom. The van der Waals surface area contributed by atoms with E-state index in [-0.39, 0.29) is 5.91 Å². The number of amides is 1. The van der Waals surface area contributed by atoms with E-state index in [1.807, 2.05) is 6.92 Å². The number of sulfonamides is 1. The van der Waals surface area contributed by atoms with Gasteiger partial charge in [-0.05, 0) is 44.2 Å². The van der Waals surface area contributed by atoms with Gasteiger partial charge in [0.05, 0.1) is 6.26 Å². The Morgan fingerprint density at radius 2 is 2.18 bits per heavy atom. The molecule has 0 radical (unpaired) electrons. The van der Waals surface area contributed by atoms with E-state index in [1.165, 1.54) is 23.4 Å². The molecule has 0 aromatic rings. The van der Waals surface area contributed by atoms with Crippen molar-refractivity contribution >= 4 is 15.9 Å². The molecule has 0 aromatic carbocycles. The summed E-state index contributed by atoms with van der Waals surface area (Å²) in [5.41, 5.74) is 0. The van der Waals surface area contributed by atoms with Gasteiger partial charge < -0.3 is 10.6 Å². The van der Waals surface area contributed by atoms with Gasteiger partial charge in [-0.3, -0.25) is 4.79 Å². The Hall–Kier alpha value is -0.660. The maximum absolute atomic E-state index is 11.9. The molecule has 1 aliphatic heterocycles. The normalized spacial score (nSPS) is 20.8. The molecule has 22 heavy (non-hydrogen) atoms. The smallest absolute Gasteiger partial charge is 0.220 e. The molecule has 0 aromatic heterocycles. The average molecular weight is 333 g/mol. The van der Waals surface area contributed by atoms with Crippen molar-refractivity contribution < 1.29 is 13.2 Å². The summed E-state index contributed by atoms with van der Waals surface area (Å²) in [6.45, 7) is 7.51. The predicted molar refractivity (Wildman–Crippen MR) is 89.1 cm³/mol. The van der Waals surface area contributed by atoms with E-state index in [0.717, 1.165) is 13.1 Å². The molecular weight excluding hydrogens is 302 g/mol. The molecule has 2 unspecified atom stereocenters. The number of hydrogen-bond donors (Lipinski definition) is 2. The summed E-state index contributed by atoms with van der Waals surface area (Å²) in [6, 6.07) is 0. The Balaban J connectivity index is 2.20. The van der Waals surface area contributed by atoms with E-state index in [4.69, 9.17) is 0 Å². The van der Waals surface area contributed by atoms with Gasteiger partial charge in [0.15, 0.2) is 0 Å². The van der Waals surface area contributed by atoms with Crippen LogP contribution in [0, 0.1) is 11.8 Å². The Bertz CT molecular complexity index is 433. The van der Waals surface area contributed by atoms with Crippen LogP contribution >= 0.6 is 0 Å². The van der Waals surface area contributed by atoms with E-state index in [0.29, 0.717) is 44.3 Å². The summed E-state index contributed by atoms with van der Waals surface area (Å²) in [6.07, 6.45) is 4.80. The fourth-order valence-electron chi connectivity index (χ4n) is 2.94. The van der Waals surface area contributed by atoms with Gasteiger partial charge in [0.1, 0.15) is 0 Å². The third-order valence-corrected chi connectivity index (χ3v) is 5.75. The van der Waals surface area contributed by atoms with Gasteiger partial charge in [-0.1, -0.05) is 13.8 Å². The first kappa shape index (κ1) is 19.4. The monoisotopic (exact) mass is 333 g/mol. The van der Waals surface area contributed by atoms with Crippen LogP contribution in [0.15, 0.2) is 0 Å². The van der Waals surface area contributed by atoms with E-state index in [1.54, 1.807) is 0 Å². The van der Waals surface area contributed by atoms with E-state index in [2.05, 4.69) is 17.6 Å². The number of hydrogen-bond acceptors (Lipinski definition) is 4. The van der Waals surface area contributed by atoms with E-state index < -0.39 is 10.0 Å². The lowest BCUT2D eigenvalue weighted by Crippen LogP contribution is -2.36. The molecule has 2 N–H and O–H groups in total. The van der Waals surface area contributed by atoms with Crippen LogP contribution in [0.25, 0.3) is 0 Å². The first-order chi connectivity index (χ1) is 10.3. The lowest BCUT2D eigenvalue weighted by Gasteiger charge is -2.28. The van der Waals surface area contributed by atoms with Crippen LogP contribution in [0.3, 0.4) is 0 Å². The summed E-state index contributed by atoms with van der Waals surface area (Å²) >= 11 is 0. The van der Waals surface area contributed by atoms with Crippen molar-refractivity contribution in [2.45, 2.75) is 39.5 Å². The molecule has 1 amide bonds. The van der Waals surface area contributed by atoms with E-state index >= 15 is 0 Å². The fourth-order valence-corrected chi connectivity index (χ4v) is 3.87. The first-order valence-electron chi connectivity index (χ1n) is 8.27. The van der Waals surface area contributed by atoms with Crippen molar-refractivity contribution in [1.82, 2.24) is 14.9 Å². The summed E-state index contributed by atoms with van der Waals surface area (Å²) < 4.78 is 24.3. The number of nitrogens with one attached hydrogen (secondary N) is 2. The van der Waals surface area contributed by atoms with Gasteiger partial charge in [-0.2, -0.15) is 0 Å². The lowest BCUT2D eigenvalue weighted by atomic mass is 9.85. The van der Waals surface area contributed by atoms with Crippen LogP contribution in [0.2, 0.25) is 0 Å². The third-order valence-electron chi connectivity index (χ3n) is 4.38. The molecule has 130 valence electrons. The van der Waals surface area contributed by atoms with Crippen molar-refractivity contribution in [3.8, 4) is 0 Å². The van der Waals surface area contributed by atoms with Crippen LogP contribution in [-0.4, -0.2) is 57.6 Å². The highest BCUT2D eigenvalue weighted by atomic mass is 32.2. The van der Waals surface area contributed by atoms with Gasteiger partial charge in [0.25, 0.3) is 0 Å². The van der Waals surface area contributed by atoms with Crippen molar-refractivity contribution in [3.63, 3.8) is 0 Å². The second-order valence-corrected chi connectivity index (χ2v) is 8.23. The molecule has 1 fully saturated rings. The summed E-state index contributed by atoms with van der Waals surface area (Å²) in [5, 5.41) is 6.28. The zero-order valence-corrected chi connectivity index (χ0v) is 14.9. The molecule has 6 nitrogen and oxygen atoms in total. The lowest BCUT2D eigenvalue weighted by molar-refractivity contribution is -0.122. The Labute approximate surface area is 135 Å². The van der Waals surface area contributed by atoms with Crippen molar-refractivity contribution in [1.29, 1.82) is 0 Å². The highest BCUT2D eigenvalue weighted by Crippen LogP contribution is 2.22. The Kier molecular flexibility index (Phi) is 8.35. The number of carbonyl (C=O) groups excluding carboxylic acids is 1. The molecule has 1 rings (SSSR count). The number of rotatable bonds is 9. The molecule has 0 bridgehead atoms. The van der Waals surface area contributed by atoms with Gasteiger partial charge >= 0.3 is 0 Å². The molecule has 7 heteroatoms. The minimum atomic E-state index is -3.14. The fraction of sp³-hybridized carbons (Fsp3) is 0.933. The largest absolute Gasteiger partial charge is 0.356 e. The van der Waals surface area contributed by atoms with Crippen LogP contribution in [0.4, 0.5) is 0 Å². The third kappa shape index (κ3) is 7.07. The second-order valence-electron chi connectivity index (χ2n) is 6.25. The number of piperidine rings is 1. The summed E-state index contributed by atoms with van der Waals surface area (Å²) in [5.74, 6) is 1.04. The molecule has 1 saturated heterocycles. The van der Waals surface area contributed by atoms with Crippen LogP contribution < -0.4 is 10.6 Å². The molecule has 0 aliphatic carbocycles. The van der Waals surface area contributed by atoms with Gasteiger partial charge in [-0.15, -0.1) is 0 Å². The second kappa shape index (κ2) is 9.47. The van der Waals surface area contributed by atoms with Gasteiger partial charge in [-0.25, -0.2) is 12.7 Å². The topological polar surface area (TPSA) is 78.5 Å². The van der Waals surface area contributed by atoms with Crippen molar-refractivity contribution in [2.24, 2.45) is 11.8 Å². The van der Waals surface area contributed by atoms with Gasteiger partial charge in [0.2, 0.25) is 15.9 Å². The quantitative estimate of drug-likeness (QED) is 0.612. The minimum Gasteiger partial charge on any atom is -0.356 e. The predicted octanol–water partition coefficient (Wildman–Crippen LogP) is 0.800. The number of carbonyl (C=O) groups is 1. The SMILES string of the molecule is CCN(CCCNC(=O)CC(C)C1CCCNC1)S(C)(=O)=O. The molecule has 0 spiro atoms. The number of nitrogens with zero attached hydrogens (tertiary/aromatic N) is 1.